The van der Waals surface area contributed by atoms with E-state index in [1.807, 2.05) is 31.7 Å². The molecule has 0 atom stereocenters. The molecule has 0 spiro atoms. The van der Waals surface area contributed by atoms with Crippen LogP contribution in [0.15, 0.2) is 24.4 Å². The van der Waals surface area contributed by atoms with Gasteiger partial charge in [0.1, 0.15) is 5.69 Å². The number of aromatic nitrogens is 1. The second kappa shape index (κ2) is 6.24. The van der Waals surface area contributed by atoms with E-state index in [4.69, 9.17) is 0 Å². The van der Waals surface area contributed by atoms with Crippen LogP contribution >= 0.6 is 0 Å². The summed E-state index contributed by atoms with van der Waals surface area (Å²) in [4.78, 5) is 32.5. The SMILES string of the molecule is CC(C)(C)C(=O)N1CCCN(C(=O)c2ccccn2)CC1. The normalized spacial score (nSPS) is 16.5. The highest BCUT2D eigenvalue weighted by Gasteiger charge is 2.29. The minimum absolute atomic E-state index is 0.0549. The van der Waals surface area contributed by atoms with Crippen LogP contribution in [0.5, 0.6) is 0 Å². The molecule has 5 nitrogen and oxygen atoms in total. The van der Waals surface area contributed by atoms with Crippen LogP contribution in [0.1, 0.15) is 37.7 Å². The van der Waals surface area contributed by atoms with Gasteiger partial charge in [0.25, 0.3) is 5.91 Å². The van der Waals surface area contributed by atoms with E-state index in [0.29, 0.717) is 31.9 Å². The first-order valence-corrected chi connectivity index (χ1v) is 7.39. The first-order valence-electron chi connectivity index (χ1n) is 7.39. The lowest BCUT2D eigenvalue weighted by Crippen LogP contribution is -2.42. The van der Waals surface area contributed by atoms with Crippen molar-refractivity contribution in [1.29, 1.82) is 0 Å². The predicted molar refractivity (Wildman–Crippen MR) is 80.8 cm³/mol. The molecule has 5 heteroatoms. The summed E-state index contributed by atoms with van der Waals surface area (Å²) in [7, 11) is 0. The number of carbonyl (C=O) groups excluding carboxylic acids is 2. The third-order valence-electron chi connectivity index (χ3n) is 3.60. The summed E-state index contributed by atoms with van der Waals surface area (Å²) >= 11 is 0. The van der Waals surface area contributed by atoms with E-state index >= 15 is 0 Å². The largest absolute Gasteiger partial charge is 0.340 e. The molecule has 0 aromatic carbocycles. The van der Waals surface area contributed by atoms with Crippen LogP contribution in [0, 0.1) is 5.41 Å². The summed E-state index contributed by atoms with van der Waals surface area (Å²) in [6.45, 7) is 8.32. The van der Waals surface area contributed by atoms with Gasteiger partial charge in [-0.3, -0.25) is 14.6 Å². The lowest BCUT2D eigenvalue weighted by molar-refractivity contribution is -0.139. The van der Waals surface area contributed by atoms with E-state index in [-0.39, 0.29) is 17.2 Å². The Hall–Kier alpha value is -1.91. The maximum Gasteiger partial charge on any atom is 0.272 e. The van der Waals surface area contributed by atoms with E-state index in [1.54, 1.807) is 23.2 Å². The van der Waals surface area contributed by atoms with E-state index in [1.165, 1.54) is 0 Å². The molecule has 1 fully saturated rings. The Balaban J connectivity index is 2.01. The third-order valence-corrected chi connectivity index (χ3v) is 3.60. The molecule has 1 aliphatic heterocycles. The van der Waals surface area contributed by atoms with Gasteiger partial charge in [-0.15, -0.1) is 0 Å². The van der Waals surface area contributed by atoms with Crippen molar-refractivity contribution < 1.29 is 9.59 Å². The fourth-order valence-electron chi connectivity index (χ4n) is 2.45. The fourth-order valence-corrected chi connectivity index (χ4v) is 2.45. The zero-order chi connectivity index (χ0) is 15.5. The van der Waals surface area contributed by atoms with E-state index < -0.39 is 0 Å². The summed E-state index contributed by atoms with van der Waals surface area (Å²) in [5.41, 5.74) is 0.0910. The molecule has 114 valence electrons. The molecule has 0 aliphatic carbocycles. The van der Waals surface area contributed by atoms with Gasteiger partial charge in [-0.1, -0.05) is 26.8 Å². The second-order valence-electron chi connectivity index (χ2n) is 6.40. The fraction of sp³-hybridized carbons (Fsp3) is 0.562. The zero-order valence-corrected chi connectivity index (χ0v) is 13.0. The number of nitrogens with zero attached hydrogens (tertiary/aromatic N) is 3. The molecule has 1 saturated heterocycles. The maximum absolute atomic E-state index is 12.4. The number of pyridine rings is 1. The highest BCUT2D eigenvalue weighted by atomic mass is 16.2. The first-order chi connectivity index (χ1) is 9.89. The van der Waals surface area contributed by atoms with Crippen molar-refractivity contribution in [3.63, 3.8) is 0 Å². The van der Waals surface area contributed by atoms with E-state index in [2.05, 4.69) is 4.98 Å². The molecule has 21 heavy (non-hydrogen) atoms. The topological polar surface area (TPSA) is 53.5 Å². The Labute approximate surface area is 126 Å². The van der Waals surface area contributed by atoms with Crippen LogP contribution in [0.2, 0.25) is 0 Å². The number of hydrogen-bond donors (Lipinski definition) is 0. The number of rotatable bonds is 1. The molecule has 0 N–H and O–H groups in total. The van der Waals surface area contributed by atoms with Gasteiger partial charge >= 0.3 is 0 Å². The molecule has 0 saturated carbocycles. The van der Waals surface area contributed by atoms with Crippen molar-refractivity contribution in [3.05, 3.63) is 30.1 Å². The smallest absolute Gasteiger partial charge is 0.272 e. The minimum atomic E-state index is -0.375. The van der Waals surface area contributed by atoms with Crippen LogP contribution < -0.4 is 0 Å². The summed E-state index contributed by atoms with van der Waals surface area (Å²) in [5, 5.41) is 0. The highest BCUT2D eigenvalue weighted by Crippen LogP contribution is 2.19. The quantitative estimate of drug-likeness (QED) is 0.792. The van der Waals surface area contributed by atoms with Gasteiger partial charge in [-0.05, 0) is 18.6 Å². The van der Waals surface area contributed by atoms with Crippen molar-refractivity contribution in [3.8, 4) is 0 Å². The van der Waals surface area contributed by atoms with Crippen LogP contribution in [-0.4, -0.2) is 52.8 Å². The Bertz CT molecular complexity index is 508. The summed E-state index contributed by atoms with van der Waals surface area (Å²) in [6, 6.07) is 5.34. The van der Waals surface area contributed by atoms with Gasteiger partial charge in [-0.25, -0.2) is 0 Å². The standard InChI is InChI=1S/C16H23N3O2/c1-16(2,3)15(21)19-10-6-9-18(11-12-19)14(20)13-7-4-5-8-17-13/h4-5,7-8H,6,9-12H2,1-3H3. The molecule has 0 radical (unpaired) electrons. The number of carbonyl (C=O) groups is 2. The Kier molecular flexibility index (Phi) is 4.60. The molecular formula is C16H23N3O2. The van der Waals surface area contributed by atoms with Crippen molar-refractivity contribution in [2.24, 2.45) is 5.41 Å². The van der Waals surface area contributed by atoms with Crippen molar-refractivity contribution in [2.45, 2.75) is 27.2 Å². The molecule has 1 aliphatic rings. The van der Waals surface area contributed by atoms with Gasteiger partial charge < -0.3 is 9.80 Å². The molecule has 2 amide bonds. The molecular weight excluding hydrogens is 266 g/mol. The molecule has 1 aromatic rings. The summed E-state index contributed by atoms with van der Waals surface area (Å²) in [5.74, 6) is 0.0929. The third kappa shape index (κ3) is 3.80. The van der Waals surface area contributed by atoms with E-state index in [9.17, 15) is 9.59 Å². The zero-order valence-electron chi connectivity index (χ0n) is 13.0. The Morgan fingerprint density at radius 3 is 2.33 bits per heavy atom. The summed E-state index contributed by atoms with van der Waals surface area (Å²) < 4.78 is 0. The lowest BCUT2D eigenvalue weighted by Gasteiger charge is -2.28. The van der Waals surface area contributed by atoms with Crippen LogP contribution in [0.4, 0.5) is 0 Å². The highest BCUT2D eigenvalue weighted by molar-refractivity contribution is 5.92. The Morgan fingerprint density at radius 2 is 1.71 bits per heavy atom. The van der Waals surface area contributed by atoms with Gasteiger partial charge in [0, 0.05) is 37.8 Å². The average molecular weight is 289 g/mol. The van der Waals surface area contributed by atoms with Gasteiger partial charge in [0.2, 0.25) is 5.91 Å². The number of amides is 2. The molecule has 2 rings (SSSR count). The Morgan fingerprint density at radius 1 is 1.05 bits per heavy atom. The monoisotopic (exact) mass is 289 g/mol. The summed E-state index contributed by atoms with van der Waals surface area (Å²) in [6.07, 6.45) is 2.43. The van der Waals surface area contributed by atoms with Gasteiger partial charge in [-0.2, -0.15) is 0 Å². The predicted octanol–water partition coefficient (Wildman–Crippen LogP) is 1.80. The van der Waals surface area contributed by atoms with E-state index in [0.717, 1.165) is 6.42 Å². The molecule has 0 bridgehead atoms. The van der Waals surface area contributed by atoms with Gasteiger partial charge in [0.15, 0.2) is 0 Å². The van der Waals surface area contributed by atoms with Crippen molar-refractivity contribution >= 4 is 11.8 Å². The van der Waals surface area contributed by atoms with Crippen LogP contribution in [-0.2, 0) is 4.79 Å². The van der Waals surface area contributed by atoms with Crippen molar-refractivity contribution in [2.75, 3.05) is 26.2 Å². The maximum atomic E-state index is 12.4. The molecule has 2 heterocycles. The van der Waals surface area contributed by atoms with Gasteiger partial charge in [0.05, 0.1) is 0 Å². The first kappa shape index (κ1) is 15.5. The molecule has 0 unspecified atom stereocenters. The lowest BCUT2D eigenvalue weighted by atomic mass is 9.94. The number of hydrogen-bond acceptors (Lipinski definition) is 3. The minimum Gasteiger partial charge on any atom is -0.340 e. The van der Waals surface area contributed by atoms with Crippen molar-refractivity contribution in [1.82, 2.24) is 14.8 Å². The van der Waals surface area contributed by atoms with Crippen LogP contribution in [0.3, 0.4) is 0 Å². The average Bonchev–Trinajstić information content (AvgIpc) is 2.71. The van der Waals surface area contributed by atoms with Crippen LogP contribution in [0.25, 0.3) is 0 Å². The second-order valence-corrected chi connectivity index (χ2v) is 6.40. The molecule has 1 aromatic heterocycles.